The zero-order valence-corrected chi connectivity index (χ0v) is 9.78. The molecule has 0 amide bonds. The summed E-state index contributed by atoms with van der Waals surface area (Å²) in [6.45, 7) is 2.06. The normalized spacial score (nSPS) is 24.4. The fourth-order valence-electron chi connectivity index (χ4n) is 1.89. The summed E-state index contributed by atoms with van der Waals surface area (Å²) >= 11 is 0. The van der Waals surface area contributed by atoms with Crippen LogP contribution in [0.1, 0.15) is 5.56 Å². The van der Waals surface area contributed by atoms with E-state index in [4.69, 9.17) is 10.5 Å². The molecule has 1 aromatic heterocycles. The van der Waals surface area contributed by atoms with Gasteiger partial charge in [0, 0.05) is 31.0 Å². The van der Waals surface area contributed by atoms with Crippen molar-refractivity contribution in [3.63, 3.8) is 0 Å². The van der Waals surface area contributed by atoms with E-state index in [2.05, 4.69) is 4.98 Å². The van der Waals surface area contributed by atoms with Gasteiger partial charge in [-0.2, -0.15) is 4.39 Å². The van der Waals surface area contributed by atoms with Crippen molar-refractivity contribution in [1.29, 1.82) is 0 Å². The largest absolute Gasteiger partial charge is 0.398 e. The highest BCUT2D eigenvalue weighted by Crippen LogP contribution is 2.25. The van der Waals surface area contributed by atoms with Crippen LogP contribution in [0.3, 0.4) is 0 Å². The molecule has 2 N–H and O–H groups in total. The quantitative estimate of drug-likeness (QED) is 0.795. The first-order chi connectivity index (χ1) is 8.02. The monoisotopic (exact) mass is 243 g/mol. The zero-order chi connectivity index (χ0) is 12.6. The number of nitrogens with zero attached hydrogens (tertiary/aromatic N) is 2. The highest BCUT2D eigenvalue weighted by atomic mass is 19.1. The van der Waals surface area contributed by atoms with Gasteiger partial charge >= 0.3 is 0 Å². The predicted octanol–water partition coefficient (Wildman–Crippen LogP) is 1.28. The maximum atomic E-state index is 13.5. The van der Waals surface area contributed by atoms with Crippen LogP contribution < -0.4 is 10.6 Å². The Hall–Kier alpha value is -1.43. The maximum Gasteiger partial charge on any atom is 0.219 e. The Morgan fingerprint density at radius 3 is 2.76 bits per heavy atom. The number of nitrogen functional groups attached to an aromatic ring is 1. The van der Waals surface area contributed by atoms with Crippen molar-refractivity contribution in [2.75, 3.05) is 30.8 Å². The van der Waals surface area contributed by atoms with E-state index in [-0.39, 0.29) is 6.54 Å². The molecule has 94 valence electrons. The standard InChI is InChI=1S/C11H15F2N3O/c1-6-8(14)3-10(15-11(6)13)16-4-7(12)9(5-16)17-2/h3,7,9H,4-5H2,1-2H3,(H2,14,15)/t7-,9+/m1/s1. The van der Waals surface area contributed by atoms with Crippen molar-refractivity contribution in [1.82, 2.24) is 4.98 Å². The van der Waals surface area contributed by atoms with Crippen molar-refractivity contribution in [3.8, 4) is 0 Å². The Balaban J connectivity index is 2.25. The second kappa shape index (κ2) is 4.44. The zero-order valence-electron chi connectivity index (χ0n) is 9.78. The first-order valence-electron chi connectivity index (χ1n) is 5.37. The molecule has 0 aliphatic carbocycles. The van der Waals surface area contributed by atoms with E-state index in [1.165, 1.54) is 7.11 Å². The molecule has 17 heavy (non-hydrogen) atoms. The summed E-state index contributed by atoms with van der Waals surface area (Å²) < 4.78 is 31.9. The Labute approximate surface area is 98.4 Å². The number of rotatable bonds is 2. The van der Waals surface area contributed by atoms with Gasteiger partial charge in [0.15, 0.2) is 0 Å². The molecule has 0 unspecified atom stereocenters. The Morgan fingerprint density at radius 1 is 1.53 bits per heavy atom. The molecule has 0 spiro atoms. The van der Waals surface area contributed by atoms with Gasteiger partial charge in [0.05, 0.1) is 6.54 Å². The summed E-state index contributed by atoms with van der Waals surface area (Å²) in [5, 5.41) is 0. The van der Waals surface area contributed by atoms with E-state index >= 15 is 0 Å². The third-order valence-electron chi connectivity index (χ3n) is 3.07. The number of methoxy groups -OCH3 is 1. The van der Waals surface area contributed by atoms with Gasteiger partial charge in [-0.1, -0.05) is 0 Å². The Morgan fingerprint density at radius 2 is 2.24 bits per heavy atom. The topological polar surface area (TPSA) is 51.4 Å². The molecule has 1 aliphatic rings. The summed E-state index contributed by atoms with van der Waals surface area (Å²) in [4.78, 5) is 5.41. The van der Waals surface area contributed by atoms with Crippen molar-refractivity contribution in [2.24, 2.45) is 0 Å². The minimum Gasteiger partial charge on any atom is -0.398 e. The predicted molar refractivity (Wildman–Crippen MR) is 61.3 cm³/mol. The molecule has 0 radical (unpaired) electrons. The third-order valence-corrected chi connectivity index (χ3v) is 3.07. The summed E-state index contributed by atoms with van der Waals surface area (Å²) in [5.74, 6) is -0.260. The first-order valence-corrected chi connectivity index (χ1v) is 5.37. The molecule has 2 rings (SSSR count). The van der Waals surface area contributed by atoms with Gasteiger partial charge < -0.3 is 15.4 Å². The van der Waals surface area contributed by atoms with Crippen LogP contribution in [0.15, 0.2) is 6.07 Å². The van der Waals surface area contributed by atoms with Gasteiger partial charge in [-0.05, 0) is 6.92 Å². The lowest BCUT2D eigenvalue weighted by atomic mass is 10.2. The van der Waals surface area contributed by atoms with Crippen LogP contribution in [-0.4, -0.2) is 37.5 Å². The number of alkyl halides is 1. The lowest BCUT2D eigenvalue weighted by molar-refractivity contribution is 0.0650. The SMILES string of the molecule is CO[C@H]1CN(c2cc(N)c(C)c(F)n2)C[C@H]1F. The molecule has 1 aromatic rings. The van der Waals surface area contributed by atoms with E-state index < -0.39 is 18.2 Å². The smallest absolute Gasteiger partial charge is 0.219 e. The molecule has 0 aromatic carbocycles. The van der Waals surface area contributed by atoms with Crippen LogP contribution in [0.25, 0.3) is 0 Å². The van der Waals surface area contributed by atoms with Gasteiger partial charge in [0.2, 0.25) is 5.95 Å². The molecule has 0 saturated carbocycles. The molecule has 2 heterocycles. The van der Waals surface area contributed by atoms with Crippen molar-refractivity contribution in [3.05, 3.63) is 17.6 Å². The van der Waals surface area contributed by atoms with E-state index in [1.807, 2.05) is 0 Å². The molecule has 0 bridgehead atoms. The fourth-order valence-corrected chi connectivity index (χ4v) is 1.89. The van der Waals surface area contributed by atoms with Crippen molar-refractivity contribution < 1.29 is 13.5 Å². The van der Waals surface area contributed by atoms with Crippen LogP contribution in [0.2, 0.25) is 0 Å². The number of aromatic nitrogens is 1. The summed E-state index contributed by atoms with van der Waals surface area (Å²) in [7, 11) is 1.46. The van der Waals surface area contributed by atoms with Gasteiger partial charge in [0.25, 0.3) is 0 Å². The number of hydrogen-bond donors (Lipinski definition) is 1. The minimum atomic E-state index is -1.09. The lowest BCUT2D eigenvalue weighted by Crippen LogP contribution is -2.24. The van der Waals surface area contributed by atoms with Crippen LogP contribution in [0.4, 0.5) is 20.3 Å². The molecule has 6 heteroatoms. The average Bonchev–Trinajstić information content (AvgIpc) is 2.66. The van der Waals surface area contributed by atoms with Crippen LogP contribution in [0, 0.1) is 12.9 Å². The summed E-state index contributed by atoms with van der Waals surface area (Å²) in [6.07, 6.45) is -1.59. The number of nitrogens with two attached hydrogens (primary N) is 1. The van der Waals surface area contributed by atoms with Gasteiger partial charge in [-0.25, -0.2) is 9.37 Å². The number of hydrogen-bond acceptors (Lipinski definition) is 4. The molecule has 2 atom stereocenters. The molecule has 4 nitrogen and oxygen atoms in total. The minimum absolute atomic E-state index is 0.146. The number of anilines is 2. The van der Waals surface area contributed by atoms with Crippen LogP contribution >= 0.6 is 0 Å². The van der Waals surface area contributed by atoms with Crippen LogP contribution in [0.5, 0.6) is 0 Å². The fraction of sp³-hybridized carbons (Fsp3) is 0.545. The van der Waals surface area contributed by atoms with Gasteiger partial charge in [-0.3, -0.25) is 0 Å². The number of halogens is 2. The molecular weight excluding hydrogens is 228 g/mol. The van der Waals surface area contributed by atoms with E-state index in [1.54, 1.807) is 17.9 Å². The first kappa shape index (κ1) is 12.0. The van der Waals surface area contributed by atoms with E-state index in [0.29, 0.717) is 23.6 Å². The summed E-state index contributed by atoms with van der Waals surface area (Å²) in [5.41, 5.74) is 6.30. The number of pyridine rings is 1. The lowest BCUT2D eigenvalue weighted by Gasteiger charge is -2.17. The van der Waals surface area contributed by atoms with Crippen molar-refractivity contribution in [2.45, 2.75) is 19.2 Å². The van der Waals surface area contributed by atoms with E-state index in [9.17, 15) is 8.78 Å². The second-order valence-corrected chi connectivity index (χ2v) is 4.18. The van der Waals surface area contributed by atoms with Gasteiger partial charge in [0.1, 0.15) is 18.1 Å². The summed E-state index contributed by atoms with van der Waals surface area (Å²) in [6, 6.07) is 1.56. The maximum absolute atomic E-state index is 13.5. The van der Waals surface area contributed by atoms with E-state index in [0.717, 1.165) is 0 Å². The molecule has 1 fully saturated rings. The molecule has 1 saturated heterocycles. The highest BCUT2D eigenvalue weighted by Gasteiger charge is 2.33. The molecule has 1 aliphatic heterocycles. The van der Waals surface area contributed by atoms with Crippen LogP contribution in [-0.2, 0) is 4.74 Å². The third kappa shape index (κ3) is 2.17. The average molecular weight is 243 g/mol. The van der Waals surface area contributed by atoms with Gasteiger partial charge in [-0.15, -0.1) is 0 Å². The second-order valence-electron chi connectivity index (χ2n) is 4.18. The highest BCUT2D eigenvalue weighted by molar-refractivity contribution is 5.55. The van der Waals surface area contributed by atoms with Crippen molar-refractivity contribution >= 4 is 11.5 Å². The molecular formula is C11H15F2N3O. The Bertz CT molecular complexity index is 404. The Kier molecular flexibility index (Phi) is 3.15. The number of ether oxygens (including phenoxy) is 1.